The van der Waals surface area contributed by atoms with E-state index in [0.29, 0.717) is 0 Å². The van der Waals surface area contributed by atoms with Crippen LogP contribution in [0.15, 0.2) is 66.0 Å². The highest BCUT2D eigenvalue weighted by Crippen LogP contribution is 2.50. The van der Waals surface area contributed by atoms with E-state index in [-0.39, 0.29) is 19.1 Å². The maximum Gasteiger partial charge on any atom is 0.231 e. The van der Waals surface area contributed by atoms with E-state index < -0.39 is 0 Å². The van der Waals surface area contributed by atoms with Crippen molar-refractivity contribution in [3.63, 3.8) is 0 Å². The Balaban J connectivity index is 1.45. The lowest BCUT2D eigenvalue weighted by Crippen LogP contribution is -2.33. The maximum absolute atomic E-state index is 6.43. The zero-order chi connectivity index (χ0) is 20.1. The second-order valence-electron chi connectivity index (χ2n) is 7.34. The van der Waals surface area contributed by atoms with Gasteiger partial charge in [-0.15, -0.1) is 0 Å². The van der Waals surface area contributed by atoms with Gasteiger partial charge in [0.2, 0.25) is 13.0 Å². The van der Waals surface area contributed by atoms with Gasteiger partial charge < -0.3 is 18.9 Å². The van der Waals surface area contributed by atoms with E-state index in [4.69, 9.17) is 24.0 Å². The molecule has 3 aliphatic rings. The number of methoxy groups -OCH3 is 1. The van der Waals surface area contributed by atoms with E-state index in [1.165, 1.54) is 0 Å². The molecule has 0 spiro atoms. The standard InChI is InChI=1S/C23H19N3O4/c1-27-20-4-2-3-16-18-12-17(15-5-6-19-21(11-15)29-13-28-19)25-26(18)23(30-22(16)20)14-7-9-24-10-8-14/h2-11,18,23H,12-13H2,1H3. The van der Waals surface area contributed by atoms with Crippen LogP contribution in [0.2, 0.25) is 0 Å². The summed E-state index contributed by atoms with van der Waals surface area (Å²) in [6, 6.07) is 15.9. The molecule has 0 saturated heterocycles. The van der Waals surface area contributed by atoms with Gasteiger partial charge in [-0.2, -0.15) is 5.10 Å². The molecule has 7 nitrogen and oxygen atoms in total. The van der Waals surface area contributed by atoms with Crippen LogP contribution >= 0.6 is 0 Å². The Morgan fingerprint density at radius 3 is 2.77 bits per heavy atom. The van der Waals surface area contributed by atoms with Crippen LogP contribution in [0.4, 0.5) is 0 Å². The summed E-state index contributed by atoms with van der Waals surface area (Å²) in [5.41, 5.74) is 4.06. The van der Waals surface area contributed by atoms with E-state index in [1.54, 1.807) is 19.5 Å². The van der Waals surface area contributed by atoms with Crippen LogP contribution in [-0.4, -0.2) is 29.6 Å². The molecule has 1 aromatic heterocycles. The van der Waals surface area contributed by atoms with Crippen molar-refractivity contribution in [1.29, 1.82) is 0 Å². The number of para-hydroxylation sites is 1. The van der Waals surface area contributed by atoms with Crippen LogP contribution in [0.5, 0.6) is 23.0 Å². The number of pyridine rings is 1. The van der Waals surface area contributed by atoms with Gasteiger partial charge in [-0.25, -0.2) is 5.01 Å². The fourth-order valence-corrected chi connectivity index (χ4v) is 4.24. The molecule has 0 amide bonds. The zero-order valence-electron chi connectivity index (χ0n) is 16.3. The van der Waals surface area contributed by atoms with Gasteiger partial charge in [0.25, 0.3) is 0 Å². The van der Waals surface area contributed by atoms with Gasteiger partial charge in [-0.3, -0.25) is 4.98 Å². The Hall–Kier alpha value is -3.74. The molecule has 2 atom stereocenters. The smallest absolute Gasteiger partial charge is 0.231 e. The first-order valence-electron chi connectivity index (χ1n) is 9.81. The first kappa shape index (κ1) is 17.1. The third-order valence-electron chi connectivity index (χ3n) is 5.70. The molecule has 0 radical (unpaired) electrons. The van der Waals surface area contributed by atoms with Gasteiger partial charge in [0, 0.05) is 35.5 Å². The van der Waals surface area contributed by atoms with Crippen LogP contribution in [0.3, 0.4) is 0 Å². The molecule has 3 aliphatic heterocycles. The summed E-state index contributed by atoms with van der Waals surface area (Å²) < 4.78 is 23.0. The number of hydrazone groups is 1. The number of rotatable bonds is 3. The van der Waals surface area contributed by atoms with Gasteiger partial charge in [0.05, 0.1) is 18.9 Å². The van der Waals surface area contributed by atoms with E-state index >= 15 is 0 Å². The van der Waals surface area contributed by atoms with Crippen LogP contribution in [0.25, 0.3) is 0 Å². The van der Waals surface area contributed by atoms with Crippen molar-refractivity contribution in [2.45, 2.75) is 18.7 Å². The number of hydrogen-bond acceptors (Lipinski definition) is 7. The molecule has 0 fully saturated rings. The predicted molar refractivity (Wildman–Crippen MR) is 109 cm³/mol. The first-order valence-corrected chi connectivity index (χ1v) is 9.81. The summed E-state index contributed by atoms with van der Waals surface area (Å²) in [6.45, 7) is 0.255. The predicted octanol–water partition coefficient (Wildman–Crippen LogP) is 4.06. The minimum atomic E-state index is -0.367. The molecule has 30 heavy (non-hydrogen) atoms. The van der Waals surface area contributed by atoms with Crippen molar-refractivity contribution < 1.29 is 18.9 Å². The Bertz CT molecular complexity index is 1150. The Labute approximate surface area is 173 Å². The van der Waals surface area contributed by atoms with Gasteiger partial charge in [-0.1, -0.05) is 12.1 Å². The Kier molecular flexibility index (Phi) is 3.80. The average molecular weight is 401 g/mol. The molecular formula is C23H19N3O4. The van der Waals surface area contributed by atoms with Crippen LogP contribution < -0.4 is 18.9 Å². The summed E-state index contributed by atoms with van der Waals surface area (Å²) in [6.07, 6.45) is 3.92. The first-order chi connectivity index (χ1) is 14.8. The lowest BCUT2D eigenvalue weighted by molar-refractivity contribution is -0.0209. The lowest BCUT2D eigenvalue weighted by Gasteiger charge is -2.38. The van der Waals surface area contributed by atoms with Crippen LogP contribution in [0, 0.1) is 0 Å². The fourth-order valence-electron chi connectivity index (χ4n) is 4.24. The number of benzene rings is 2. The molecule has 2 unspecified atom stereocenters. The van der Waals surface area contributed by atoms with E-state index in [0.717, 1.165) is 51.8 Å². The van der Waals surface area contributed by atoms with Crippen molar-refractivity contribution in [3.05, 3.63) is 77.6 Å². The fraction of sp³-hybridized carbons (Fsp3) is 0.217. The highest BCUT2D eigenvalue weighted by molar-refractivity contribution is 6.02. The van der Waals surface area contributed by atoms with E-state index in [2.05, 4.69) is 11.1 Å². The second kappa shape index (κ2) is 6.66. The summed E-state index contributed by atoms with van der Waals surface area (Å²) in [7, 11) is 1.66. The van der Waals surface area contributed by atoms with Gasteiger partial charge in [0.1, 0.15) is 0 Å². The Morgan fingerprint density at radius 2 is 1.90 bits per heavy atom. The minimum absolute atomic E-state index is 0.0439. The summed E-state index contributed by atoms with van der Waals surface area (Å²) in [5, 5.41) is 7.02. The number of fused-ring (bicyclic) bond motifs is 4. The number of aromatic nitrogens is 1. The zero-order valence-corrected chi connectivity index (χ0v) is 16.3. The molecule has 150 valence electrons. The van der Waals surface area contributed by atoms with Gasteiger partial charge >= 0.3 is 0 Å². The van der Waals surface area contributed by atoms with Crippen molar-refractivity contribution in [2.75, 3.05) is 13.9 Å². The van der Waals surface area contributed by atoms with E-state index in [9.17, 15) is 0 Å². The molecule has 0 aliphatic carbocycles. The molecule has 3 aromatic rings. The second-order valence-corrected chi connectivity index (χ2v) is 7.34. The monoisotopic (exact) mass is 401 g/mol. The molecule has 0 saturated carbocycles. The topological polar surface area (TPSA) is 65.4 Å². The number of ether oxygens (including phenoxy) is 4. The van der Waals surface area contributed by atoms with Crippen LogP contribution in [-0.2, 0) is 0 Å². The highest BCUT2D eigenvalue weighted by Gasteiger charge is 2.42. The van der Waals surface area contributed by atoms with Crippen molar-refractivity contribution in [1.82, 2.24) is 9.99 Å². The largest absolute Gasteiger partial charge is 0.493 e. The third kappa shape index (κ3) is 2.58. The Morgan fingerprint density at radius 1 is 1.03 bits per heavy atom. The summed E-state index contributed by atoms with van der Waals surface area (Å²) in [5.74, 6) is 3.01. The highest BCUT2D eigenvalue weighted by atomic mass is 16.7. The maximum atomic E-state index is 6.43. The molecule has 0 N–H and O–H groups in total. The molecule has 7 heteroatoms. The number of hydrogen-bond donors (Lipinski definition) is 0. The lowest BCUT2D eigenvalue weighted by atomic mass is 9.95. The average Bonchev–Trinajstić information content (AvgIpc) is 3.45. The van der Waals surface area contributed by atoms with Crippen molar-refractivity contribution >= 4 is 5.71 Å². The quantitative estimate of drug-likeness (QED) is 0.659. The molecular weight excluding hydrogens is 382 g/mol. The summed E-state index contributed by atoms with van der Waals surface area (Å²) in [4.78, 5) is 4.14. The number of nitrogens with zero attached hydrogens (tertiary/aromatic N) is 3. The molecule has 2 aromatic carbocycles. The van der Waals surface area contributed by atoms with E-state index in [1.807, 2.05) is 47.5 Å². The van der Waals surface area contributed by atoms with Crippen LogP contribution in [0.1, 0.15) is 35.4 Å². The van der Waals surface area contributed by atoms with Gasteiger partial charge in [0.15, 0.2) is 23.0 Å². The van der Waals surface area contributed by atoms with Gasteiger partial charge in [-0.05, 0) is 36.4 Å². The molecule has 0 bridgehead atoms. The SMILES string of the molecule is COc1cccc2c1OC(c1ccncc1)N1N=C(c3ccc4c(c3)OCO4)CC21. The minimum Gasteiger partial charge on any atom is -0.493 e. The molecule has 4 heterocycles. The third-order valence-corrected chi connectivity index (χ3v) is 5.70. The normalized spacial score (nSPS) is 20.8. The summed E-state index contributed by atoms with van der Waals surface area (Å²) >= 11 is 0. The van der Waals surface area contributed by atoms with Crippen molar-refractivity contribution in [2.24, 2.45) is 5.10 Å². The van der Waals surface area contributed by atoms with Crippen molar-refractivity contribution in [3.8, 4) is 23.0 Å². The molecule has 6 rings (SSSR count).